The predicted molar refractivity (Wildman–Crippen MR) is 104 cm³/mol. The van der Waals surface area contributed by atoms with Crippen LogP contribution < -0.4 is 10.6 Å². The summed E-state index contributed by atoms with van der Waals surface area (Å²) in [7, 11) is 0. The molecule has 1 unspecified atom stereocenters. The quantitative estimate of drug-likeness (QED) is 0.759. The number of nitrogens with one attached hydrogen (secondary N) is 2. The highest BCUT2D eigenvalue weighted by Gasteiger charge is 2.32. The number of ether oxygens (including phenoxy) is 1. The monoisotopic (exact) mass is 424 g/mol. The first-order valence-corrected chi connectivity index (χ1v) is 9.52. The molecule has 1 aliphatic heterocycles. The van der Waals surface area contributed by atoms with Gasteiger partial charge in [0, 0.05) is 29.5 Å². The average Bonchev–Trinajstić information content (AvgIpc) is 3.31. The van der Waals surface area contributed by atoms with E-state index in [9.17, 15) is 22.8 Å². The van der Waals surface area contributed by atoms with Crippen molar-refractivity contribution in [1.29, 1.82) is 0 Å². The van der Waals surface area contributed by atoms with Crippen molar-refractivity contribution >= 4 is 23.3 Å². The third-order valence-corrected chi connectivity index (χ3v) is 4.79. The Bertz CT molecular complexity index is 947. The third-order valence-electron chi connectivity index (χ3n) is 4.79. The maximum absolute atomic E-state index is 13.4. The summed E-state index contributed by atoms with van der Waals surface area (Å²) in [6, 6.07) is 2.74. The Morgan fingerprint density at radius 1 is 1.23 bits per heavy atom. The van der Waals surface area contributed by atoms with Crippen LogP contribution in [0.4, 0.5) is 24.7 Å². The van der Waals surface area contributed by atoms with Crippen molar-refractivity contribution in [3.8, 4) is 0 Å². The predicted octanol–water partition coefficient (Wildman–Crippen LogP) is 4.02. The van der Waals surface area contributed by atoms with Crippen molar-refractivity contribution in [3.05, 3.63) is 41.1 Å². The zero-order valence-electron chi connectivity index (χ0n) is 16.8. The van der Waals surface area contributed by atoms with E-state index in [1.54, 1.807) is 17.8 Å². The number of nitrogens with zero attached hydrogens (tertiary/aromatic N) is 2. The van der Waals surface area contributed by atoms with E-state index in [-0.39, 0.29) is 23.9 Å². The Morgan fingerprint density at radius 3 is 2.57 bits per heavy atom. The van der Waals surface area contributed by atoms with Crippen molar-refractivity contribution in [2.75, 3.05) is 23.8 Å². The molecule has 2 N–H and O–H groups in total. The van der Waals surface area contributed by atoms with Gasteiger partial charge >= 0.3 is 6.18 Å². The molecule has 162 valence electrons. The fourth-order valence-electron chi connectivity index (χ4n) is 3.16. The lowest BCUT2D eigenvalue weighted by Crippen LogP contribution is -2.24. The number of aromatic nitrogens is 2. The van der Waals surface area contributed by atoms with E-state index in [1.807, 2.05) is 13.8 Å². The molecule has 0 aliphatic carbocycles. The molecule has 1 saturated heterocycles. The van der Waals surface area contributed by atoms with E-state index >= 15 is 0 Å². The number of alkyl halides is 3. The molecule has 30 heavy (non-hydrogen) atoms. The van der Waals surface area contributed by atoms with Gasteiger partial charge in [-0.15, -0.1) is 0 Å². The summed E-state index contributed by atoms with van der Waals surface area (Å²) in [5.74, 6) is -1.20. The van der Waals surface area contributed by atoms with Gasteiger partial charge < -0.3 is 15.4 Å². The highest BCUT2D eigenvalue weighted by atomic mass is 19.4. The maximum Gasteiger partial charge on any atom is 0.416 e. The van der Waals surface area contributed by atoms with Gasteiger partial charge in [0.05, 0.1) is 24.3 Å². The van der Waals surface area contributed by atoms with Crippen LogP contribution in [0, 0.1) is 12.8 Å². The van der Waals surface area contributed by atoms with Gasteiger partial charge in [0.15, 0.2) is 0 Å². The van der Waals surface area contributed by atoms with E-state index in [4.69, 9.17) is 4.74 Å². The number of carbonyl (C=O) groups is 2. The van der Waals surface area contributed by atoms with Gasteiger partial charge in [-0.2, -0.15) is 18.3 Å². The van der Waals surface area contributed by atoms with Crippen molar-refractivity contribution in [2.45, 2.75) is 39.4 Å². The molecule has 0 radical (unpaired) electrons. The number of halogens is 3. The van der Waals surface area contributed by atoms with Crippen molar-refractivity contribution < 1.29 is 27.5 Å². The molecule has 2 amide bonds. The lowest BCUT2D eigenvalue weighted by molar-refractivity contribution is -0.137. The number of carbonyl (C=O) groups excluding carboxylic acids is 2. The average molecular weight is 424 g/mol. The Kier molecular flexibility index (Phi) is 6.16. The molecule has 10 heteroatoms. The number of aryl methyl sites for hydroxylation is 1. The highest BCUT2D eigenvalue weighted by molar-refractivity contribution is 6.05. The molecule has 1 atom stereocenters. The van der Waals surface area contributed by atoms with Crippen molar-refractivity contribution in [1.82, 2.24) is 9.78 Å². The zero-order valence-corrected chi connectivity index (χ0v) is 16.8. The lowest BCUT2D eigenvalue weighted by atomic mass is 10.1. The number of rotatable bonds is 5. The molecule has 0 bridgehead atoms. The maximum atomic E-state index is 13.4. The van der Waals surface area contributed by atoms with Crippen LogP contribution in [-0.4, -0.2) is 34.8 Å². The van der Waals surface area contributed by atoms with Crippen LogP contribution in [0.1, 0.15) is 47.8 Å². The van der Waals surface area contributed by atoms with Gasteiger partial charge in [-0.3, -0.25) is 9.59 Å². The standard InChI is InChI=1S/C20H23F3N4O3/c1-11(2)27-17(12(3)9-24-27)26-19(29)14-6-15(20(21,22)23)8-16(7-14)25-18(28)13-4-5-30-10-13/h6-9,11,13H,4-5,10H2,1-3H3,(H,25,28)(H,26,29). The zero-order chi connectivity index (χ0) is 22.1. The van der Waals surface area contributed by atoms with Crippen molar-refractivity contribution in [3.63, 3.8) is 0 Å². The van der Waals surface area contributed by atoms with Crippen LogP contribution in [0.3, 0.4) is 0 Å². The second-order valence-electron chi connectivity index (χ2n) is 7.52. The largest absolute Gasteiger partial charge is 0.416 e. The molecule has 7 nitrogen and oxygen atoms in total. The normalized spacial score (nSPS) is 16.7. The van der Waals surface area contributed by atoms with Gasteiger partial charge in [0.25, 0.3) is 5.91 Å². The summed E-state index contributed by atoms with van der Waals surface area (Å²) in [4.78, 5) is 25.1. The van der Waals surface area contributed by atoms with Gasteiger partial charge in [-0.1, -0.05) is 0 Å². The summed E-state index contributed by atoms with van der Waals surface area (Å²) in [6.45, 7) is 6.12. The first kappa shape index (κ1) is 21.8. The van der Waals surface area contributed by atoms with Crippen LogP contribution in [0.15, 0.2) is 24.4 Å². The molecular weight excluding hydrogens is 401 g/mol. The van der Waals surface area contributed by atoms with Crippen LogP contribution in [-0.2, 0) is 15.7 Å². The van der Waals surface area contributed by atoms with E-state index in [1.165, 1.54) is 6.07 Å². The smallest absolute Gasteiger partial charge is 0.381 e. The summed E-state index contributed by atoms with van der Waals surface area (Å²) in [5, 5.41) is 9.28. The van der Waals surface area contributed by atoms with E-state index in [2.05, 4.69) is 15.7 Å². The van der Waals surface area contributed by atoms with E-state index in [0.717, 1.165) is 12.1 Å². The molecule has 1 aromatic heterocycles. The van der Waals surface area contributed by atoms with Gasteiger partial charge in [0.2, 0.25) is 5.91 Å². The molecule has 0 spiro atoms. The molecule has 1 aliphatic rings. The van der Waals surface area contributed by atoms with Crippen LogP contribution in [0.5, 0.6) is 0 Å². The number of hydrogen-bond acceptors (Lipinski definition) is 4. The molecule has 3 rings (SSSR count). The topological polar surface area (TPSA) is 85.3 Å². The summed E-state index contributed by atoms with van der Waals surface area (Å²) >= 11 is 0. The number of benzene rings is 1. The Morgan fingerprint density at radius 2 is 1.97 bits per heavy atom. The molecule has 2 aromatic rings. The fraction of sp³-hybridized carbons (Fsp3) is 0.450. The second-order valence-corrected chi connectivity index (χ2v) is 7.52. The first-order chi connectivity index (χ1) is 14.1. The minimum atomic E-state index is -4.68. The molecule has 2 heterocycles. The van der Waals surface area contributed by atoms with E-state index < -0.39 is 29.5 Å². The molecule has 0 saturated carbocycles. The second kappa shape index (κ2) is 8.47. The fourth-order valence-corrected chi connectivity index (χ4v) is 3.16. The summed E-state index contributed by atoms with van der Waals surface area (Å²) < 4.78 is 46.9. The lowest BCUT2D eigenvalue weighted by Gasteiger charge is -2.16. The summed E-state index contributed by atoms with van der Waals surface area (Å²) in [5.41, 5.74) is -0.666. The van der Waals surface area contributed by atoms with Crippen LogP contribution in [0.2, 0.25) is 0 Å². The molecule has 1 fully saturated rings. The van der Waals surface area contributed by atoms with Gasteiger partial charge in [-0.25, -0.2) is 4.68 Å². The van der Waals surface area contributed by atoms with Crippen LogP contribution in [0.25, 0.3) is 0 Å². The first-order valence-electron chi connectivity index (χ1n) is 9.52. The minimum Gasteiger partial charge on any atom is -0.381 e. The molecular formula is C20H23F3N4O3. The van der Waals surface area contributed by atoms with Crippen molar-refractivity contribution in [2.24, 2.45) is 5.92 Å². The minimum absolute atomic E-state index is 0.0565. The van der Waals surface area contributed by atoms with Crippen LogP contribution >= 0.6 is 0 Å². The molecule has 1 aromatic carbocycles. The third kappa shape index (κ3) is 4.81. The number of anilines is 2. The van der Waals surface area contributed by atoms with Gasteiger partial charge in [-0.05, 0) is 45.4 Å². The Labute approximate surface area is 171 Å². The Hall–Kier alpha value is -2.88. The van der Waals surface area contributed by atoms with E-state index in [0.29, 0.717) is 24.4 Å². The SMILES string of the molecule is Cc1cnn(C(C)C)c1NC(=O)c1cc(NC(=O)C2CCOC2)cc(C(F)(F)F)c1. The summed E-state index contributed by atoms with van der Waals surface area (Å²) in [6.07, 6.45) is -2.62. The number of hydrogen-bond donors (Lipinski definition) is 2. The Balaban J connectivity index is 1.90. The highest BCUT2D eigenvalue weighted by Crippen LogP contribution is 2.33. The van der Waals surface area contributed by atoms with Gasteiger partial charge in [0.1, 0.15) is 5.82 Å². The number of amides is 2.